The molecule has 0 saturated heterocycles. The van der Waals surface area contributed by atoms with Gasteiger partial charge in [-0.3, -0.25) is 4.98 Å². The molecule has 0 unspecified atom stereocenters. The van der Waals surface area contributed by atoms with Gasteiger partial charge >= 0.3 is 6.18 Å². The number of alkyl halides is 3. The summed E-state index contributed by atoms with van der Waals surface area (Å²) in [5.41, 5.74) is -1.90. The summed E-state index contributed by atoms with van der Waals surface area (Å²) >= 11 is 0. The fourth-order valence-electron chi connectivity index (χ4n) is 1.74. The number of benzene rings is 1. The second kappa shape index (κ2) is 5.37. The first-order valence-corrected chi connectivity index (χ1v) is 8.90. The molecule has 0 atom stereocenters. The van der Waals surface area contributed by atoms with Crippen LogP contribution in [0.5, 0.6) is 0 Å². The van der Waals surface area contributed by atoms with Gasteiger partial charge in [-0.15, -0.1) is 0 Å². The molecule has 0 radical (unpaired) electrons. The Hall–Kier alpha value is -1.07. The molecule has 20 heavy (non-hydrogen) atoms. The monoisotopic (exact) mass is 325 g/mol. The van der Waals surface area contributed by atoms with Crippen molar-refractivity contribution in [1.29, 1.82) is 0 Å². The van der Waals surface area contributed by atoms with E-state index in [1.807, 2.05) is 0 Å². The zero-order valence-electron chi connectivity index (χ0n) is 10.4. The summed E-state index contributed by atoms with van der Waals surface area (Å²) in [5, 5.41) is -1.13. The van der Waals surface area contributed by atoms with Gasteiger partial charge in [0.05, 0.1) is 5.30 Å². The first-order chi connectivity index (χ1) is 9.23. The van der Waals surface area contributed by atoms with Crippen LogP contribution in [0.4, 0.5) is 22.0 Å². The number of hydrogen-bond acceptors (Lipinski definition) is 1. The highest BCUT2D eigenvalue weighted by Crippen LogP contribution is 2.36. The molecule has 8 heteroatoms. The van der Waals surface area contributed by atoms with Crippen molar-refractivity contribution in [3.05, 3.63) is 35.5 Å². The maximum absolute atomic E-state index is 14.3. The van der Waals surface area contributed by atoms with Gasteiger partial charge in [0.1, 0.15) is 16.9 Å². The predicted molar refractivity (Wildman–Crippen MR) is 72.4 cm³/mol. The Morgan fingerprint density at radius 2 is 1.80 bits per heavy atom. The summed E-state index contributed by atoms with van der Waals surface area (Å²) in [4.78, 5) is 3.65. The first-order valence-electron chi connectivity index (χ1n) is 5.35. The van der Waals surface area contributed by atoms with Gasteiger partial charge in [0.15, 0.2) is 5.82 Å². The summed E-state index contributed by atoms with van der Waals surface area (Å²) in [6.07, 6.45) is -0.420. The second-order valence-electron chi connectivity index (χ2n) is 4.11. The van der Waals surface area contributed by atoms with Crippen molar-refractivity contribution in [2.75, 3.05) is 12.5 Å². The Morgan fingerprint density at radius 1 is 1.15 bits per heavy atom. The molecule has 1 nitrogen and oxygen atoms in total. The predicted octanol–water partition coefficient (Wildman–Crippen LogP) is 3.90. The summed E-state index contributed by atoms with van der Waals surface area (Å²) in [7, 11) is -0.433. The Bertz CT molecular complexity index is 707. The number of rotatable bonds is 1. The van der Waals surface area contributed by atoms with Crippen LogP contribution < -0.4 is 5.30 Å². The molecule has 0 spiro atoms. The van der Waals surface area contributed by atoms with E-state index >= 15 is 0 Å². The van der Waals surface area contributed by atoms with Crippen molar-refractivity contribution < 1.29 is 22.0 Å². The fourth-order valence-corrected chi connectivity index (χ4v) is 4.22. The summed E-state index contributed by atoms with van der Waals surface area (Å²) in [6.45, 7) is 0. The van der Waals surface area contributed by atoms with E-state index in [4.69, 9.17) is 0 Å². The van der Waals surface area contributed by atoms with E-state index in [1.54, 1.807) is 12.5 Å². The molecule has 0 aliphatic rings. The van der Waals surface area contributed by atoms with E-state index in [2.05, 4.69) is 4.98 Å². The van der Waals surface area contributed by atoms with Gasteiger partial charge in [-0.2, -0.15) is 23.2 Å². The van der Waals surface area contributed by atoms with Crippen molar-refractivity contribution in [2.24, 2.45) is 0 Å². The molecule has 0 amide bonds. The maximum Gasteiger partial charge on any atom is 0.420 e. The molecule has 0 saturated carbocycles. The molecule has 108 valence electrons. The lowest BCUT2D eigenvalue weighted by molar-refractivity contribution is -0.139. The van der Waals surface area contributed by atoms with E-state index in [-0.39, 0.29) is 12.9 Å². The molecule has 0 bridgehead atoms. The molecule has 0 aliphatic heterocycles. The Balaban J connectivity index is 3.01. The van der Waals surface area contributed by atoms with Crippen LogP contribution in [0.1, 0.15) is 5.56 Å². The van der Waals surface area contributed by atoms with E-state index in [0.29, 0.717) is 0 Å². The summed E-state index contributed by atoms with van der Waals surface area (Å²) < 4.78 is 67.5. The van der Waals surface area contributed by atoms with E-state index < -0.39 is 44.1 Å². The number of hydrogen-bond donors (Lipinski definition) is 0. The fraction of sp³-hybridized carbons (Fsp3) is 0.250. The van der Waals surface area contributed by atoms with Gasteiger partial charge in [0.2, 0.25) is 0 Å². The van der Waals surface area contributed by atoms with Crippen molar-refractivity contribution in [3.8, 4) is 0 Å². The van der Waals surface area contributed by atoms with Crippen LogP contribution in [0.2, 0.25) is 0 Å². The van der Waals surface area contributed by atoms with Gasteiger partial charge in [-0.05, 0) is 32.0 Å². The van der Waals surface area contributed by atoms with Gasteiger partial charge in [0, 0.05) is 11.6 Å². The Kier molecular flexibility index (Phi) is 4.12. The Morgan fingerprint density at radius 3 is 2.35 bits per heavy atom. The van der Waals surface area contributed by atoms with Crippen LogP contribution >= 0.6 is 7.36 Å². The van der Waals surface area contributed by atoms with Crippen LogP contribution in [0.15, 0.2) is 18.3 Å². The number of fused-ring (bicyclic) bond motifs is 1. The van der Waals surface area contributed by atoms with Crippen molar-refractivity contribution in [1.82, 2.24) is 4.98 Å². The molecule has 0 aliphatic carbocycles. The lowest BCUT2D eigenvalue weighted by Crippen LogP contribution is -2.22. The SMILES string of the molecule is CS(C)=Pc1c(C(F)(F)F)c(F)c2cccnc2c1F. The highest BCUT2D eigenvalue weighted by atomic mass is 32.5. The number of pyridine rings is 1. The topological polar surface area (TPSA) is 12.9 Å². The molecule has 1 aromatic heterocycles. The Labute approximate surface area is 115 Å². The average Bonchev–Trinajstić information content (AvgIpc) is 2.33. The molecule has 1 aromatic carbocycles. The zero-order valence-corrected chi connectivity index (χ0v) is 12.1. The van der Waals surface area contributed by atoms with Gasteiger partial charge in [-0.1, -0.05) is 0 Å². The van der Waals surface area contributed by atoms with Crippen LogP contribution in [-0.2, 0) is 16.2 Å². The molecule has 1 heterocycles. The average molecular weight is 325 g/mol. The van der Waals surface area contributed by atoms with Crippen LogP contribution in [-0.4, -0.2) is 17.5 Å². The minimum absolute atomic E-state index is 0.102. The lowest BCUT2D eigenvalue weighted by atomic mass is 10.1. The summed E-state index contributed by atoms with van der Waals surface area (Å²) in [6, 6.07) is 2.36. The molecular formula is C12H9F5NPS. The molecule has 2 aromatic rings. The standard InChI is InChI=1S/C12H9F5NPS/c1-20(2)19-11-7(12(15,16)17)8(13)6-4-3-5-18-10(6)9(11)14/h3-5H,1-2H3. The number of aromatic nitrogens is 1. The molecule has 0 fully saturated rings. The third-order valence-electron chi connectivity index (χ3n) is 2.47. The van der Waals surface area contributed by atoms with Gasteiger partial charge < -0.3 is 0 Å². The normalized spacial score (nSPS) is 12.6. The van der Waals surface area contributed by atoms with Crippen molar-refractivity contribution in [3.63, 3.8) is 0 Å². The van der Waals surface area contributed by atoms with E-state index in [0.717, 1.165) is 6.07 Å². The quantitative estimate of drug-likeness (QED) is 0.572. The minimum Gasteiger partial charge on any atom is -0.253 e. The maximum atomic E-state index is 14.3. The third-order valence-corrected chi connectivity index (χ3v) is 5.08. The number of halogens is 5. The van der Waals surface area contributed by atoms with E-state index in [9.17, 15) is 22.0 Å². The first kappa shape index (κ1) is 15.3. The summed E-state index contributed by atoms with van der Waals surface area (Å²) in [5.74, 6) is -2.56. The van der Waals surface area contributed by atoms with Crippen LogP contribution in [0.25, 0.3) is 10.9 Å². The highest BCUT2D eigenvalue weighted by molar-refractivity contribution is 8.21. The molecule has 2 rings (SSSR count). The van der Waals surface area contributed by atoms with Crippen LogP contribution in [0, 0.1) is 11.6 Å². The largest absolute Gasteiger partial charge is 0.420 e. The van der Waals surface area contributed by atoms with Gasteiger partial charge in [-0.25, -0.2) is 8.78 Å². The number of nitrogens with zero attached hydrogens (tertiary/aromatic N) is 1. The van der Waals surface area contributed by atoms with Gasteiger partial charge in [0.25, 0.3) is 0 Å². The smallest absolute Gasteiger partial charge is 0.253 e. The van der Waals surface area contributed by atoms with Crippen LogP contribution in [0.3, 0.4) is 0 Å². The molecular weight excluding hydrogens is 316 g/mol. The molecule has 0 N–H and O–H groups in total. The second-order valence-corrected chi connectivity index (χ2v) is 9.03. The lowest BCUT2D eigenvalue weighted by Gasteiger charge is -2.14. The van der Waals surface area contributed by atoms with E-state index in [1.165, 1.54) is 12.3 Å². The van der Waals surface area contributed by atoms with Crippen molar-refractivity contribution >= 4 is 33.6 Å². The highest BCUT2D eigenvalue weighted by Gasteiger charge is 2.39. The zero-order chi connectivity index (χ0) is 15.1. The van der Waals surface area contributed by atoms with Crippen molar-refractivity contribution in [2.45, 2.75) is 6.18 Å². The third kappa shape index (κ3) is 2.69. The minimum atomic E-state index is -4.95.